The van der Waals surface area contributed by atoms with E-state index in [0.717, 1.165) is 0 Å². The number of hydrogen-bond donors (Lipinski definition) is 1. The lowest BCUT2D eigenvalue weighted by molar-refractivity contribution is -0.140. The van der Waals surface area contributed by atoms with Gasteiger partial charge in [-0.1, -0.05) is 26.8 Å². The van der Waals surface area contributed by atoms with E-state index >= 15 is 0 Å². The number of carboxylic acids is 1. The predicted molar refractivity (Wildman–Crippen MR) is 81.2 cm³/mol. The van der Waals surface area contributed by atoms with E-state index < -0.39 is 20.3 Å². The Morgan fingerprint density at radius 3 is 2.48 bits per heavy atom. The van der Waals surface area contributed by atoms with Crippen molar-refractivity contribution in [2.75, 3.05) is 6.54 Å². The van der Waals surface area contributed by atoms with Gasteiger partial charge in [-0.15, -0.1) is 0 Å². The Balaban J connectivity index is 2.27. The summed E-state index contributed by atoms with van der Waals surface area (Å²) >= 11 is 0. The predicted octanol–water partition coefficient (Wildman–Crippen LogP) is 2.44. The van der Waals surface area contributed by atoms with Crippen molar-refractivity contribution in [2.24, 2.45) is 0 Å². The summed E-state index contributed by atoms with van der Waals surface area (Å²) in [7, 11) is -2.14. The minimum absolute atomic E-state index is 0.0235. The smallest absolute Gasteiger partial charge is 0.344 e. The maximum Gasteiger partial charge on any atom is 0.344 e. The zero-order valence-corrected chi connectivity index (χ0v) is 14.5. The number of amides is 2. The molecule has 2 bridgehead atoms. The first-order valence-corrected chi connectivity index (χ1v) is 10.1. The van der Waals surface area contributed by atoms with Gasteiger partial charge in [0.25, 0.3) is 0 Å². The van der Waals surface area contributed by atoms with Crippen molar-refractivity contribution in [3.63, 3.8) is 0 Å². The number of hydrogen-bond acceptors (Lipinski definition) is 3. The molecule has 2 atom stereocenters. The second kappa shape index (κ2) is 4.84. The van der Waals surface area contributed by atoms with E-state index in [1.807, 2.05) is 6.08 Å². The van der Waals surface area contributed by atoms with Crippen molar-refractivity contribution < 1.29 is 19.2 Å². The molecule has 2 aliphatic heterocycles. The number of aliphatic carboxylic acids is 1. The molecule has 2 amide bonds. The Hall–Kier alpha value is -1.34. The average Bonchev–Trinajstić information content (AvgIpc) is 2.52. The summed E-state index contributed by atoms with van der Waals surface area (Å²) in [6.45, 7) is 12.6. The Morgan fingerprint density at radius 1 is 1.43 bits per heavy atom. The van der Waals surface area contributed by atoms with Crippen LogP contribution in [-0.4, -0.2) is 54.0 Å². The van der Waals surface area contributed by atoms with Crippen molar-refractivity contribution in [3.05, 3.63) is 11.6 Å². The zero-order chi connectivity index (χ0) is 16.2. The Bertz CT molecular complexity index is 510. The van der Waals surface area contributed by atoms with Crippen LogP contribution in [0.1, 0.15) is 27.7 Å². The van der Waals surface area contributed by atoms with Gasteiger partial charge in [0.1, 0.15) is 0 Å². The third-order valence-electron chi connectivity index (χ3n) is 4.68. The van der Waals surface area contributed by atoms with Crippen molar-refractivity contribution in [3.8, 4) is 0 Å². The summed E-state index contributed by atoms with van der Waals surface area (Å²) in [5.74, 6) is -0.996. The molecule has 2 rings (SSSR count). The van der Waals surface area contributed by atoms with Gasteiger partial charge in [-0.05, 0) is 30.6 Å². The molecule has 7 heteroatoms. The number of rotatable bonds is 3. The first-order valence-electron chi connectivity index (χ1n) is 7.16. The van der Waals surface area contributed by atoms with Gasteiger partial charge in [0.2, 0.25) is 8.32 Å². The molecule has 0 radical (unpaired) electrons. The lowest BCUT2D eigenvalue weighted by Crippen LogP contribution is -2.49. The fourth-order valence-corrected chi connectivity index (χ4v) is 3.40. The summed E-state index contributed by atoms with van der Waals surface area (Å²) in [4.78, 5) is 25.3. The van der Waals surface area contributed by atoms with E-state index in [9.17, 15) is 14.7 Å². The molecule has 118 valence electrons. The normalized spacial score (nSPS) is 26.2. The Kier molecular flexibility index (Phi) is 3.70. The molecule has 1 N–H and O–H groups in total. The first kappa shape index (κ1) is 16.0. The van der Waals surface area contributed by atoms with Crippen LogP contribution >= 0.6 is 0 Å². The summed E-state index contributed by atoms with van der Waals surface area (Å²) < 4.78 is 6.11. The number of nitrogens with zero attached hydrogens (tertiary/aromatic N) is 2. The van der Waals surface area contributed by atoms with Crippen LogP contribution in [0.25, 0.3) is 0 Å². The standard InChI is InChI=1S/C14H24N2O4Si/c1-9-7-10-8-15(11(9)12(17)18)13(19)16(10)20-21(5,6)14(2,3)4/h7,10-11H,8H2,1-6H3,(H,17,18)/t10-,11+/m1/s1. The van der Waals surface area contributed by atoms with Crippen molar-refractivity contribution in [1.29, 1.82) is 0 Å². The third-order valence-corrected chi connectivity index (χ3v) is 8.95. The summed E-state index contributed by atoms with van der Waals surface area (Å²) in [5, 5.41) is 10.7. The molecular formula is C14H24N2O4Si. The lowest BCUT2D eigenvalue weighted by atomic mass is 10.0. The van der Waals surface area contributed by atoms with Gasteiger partial charge < -0.3 is 14.5 Å². The number of carboxylic acid groups (broad SMARTS) is 1. The van der Waals surface area contributed by atoms with Gasteiger partial charge >= 0.3 is 12.0 Å². The monoisotopic (exact) mass is 312 g/mol. The van der Waals surface area contributed by atoms with Crippen LogP contribution in [0.3, 0.4) is 0 Å². The highest BCUT2D eigenvalue weighted by atomic mass is 28.4. The fraction of sp³-hybridized carbons (Fsp3) is 0.714. The number of urea groups is 1. The van der Waals surface area contributed by atoms with E-state index in [4.69, 9.17) is 4.53 Å². The molecule has 0 aromatic heterocycles. The van der Waals surface area contributed by atoms with Crippen molar-refractivity contribution in [1.82, 2.24) is 9.96 Å². The summed E-state index contributed by atoms with van der Waals surface area (Å²) in [5.41, 5.74) is 0.688. The van der Waals surface area contributed by atoms with E-state index in [2.05, 4.69) is 33.9 Å². The Labute approximate surface area is 126 Å². The molecule has 1 saturated heterocycles. The zero-order valence-electron chi connectivity index (χ0n) is 13.5. The molecule has 2 aliphatic rings. The molecular weight excluding hydrogens is 288 g/mol. The van der Waals surface area contributed by atoms with Gasteiger partial charge in [-0.3, -0.25) is 0 Å². The molecule has 0 aromatic rings. The lowest BCUT2D eigenvalue weighted by Gasteiger charge is -2.39. The molecule has 0 spiro atoms. The van der Waals surface area contributed by atoms with Crippen LogP contribution in [0.4, 0.5) is 4.79 Å². The summed E-state index contributed by atoms with van der Waals surface area (Å²) in [6.07, 6.45) is 1.84. The fourth-order valence-electron chi connectivity index (χ4n) is 2.42. The molecule has 21 heavy (non-hydrogen) atoms. The second-order valence-corrected chi connectivity index (χ2v) is 12.0. The second-order valence-electron chi connectivity index (χ2n) is 7.33. The molecule has 0 aliphatic carbocycles. The molecule has 2 heterocycles. The maximum absolute atomic E-state index is 12.5. The van der Waals surface area contributed by atoms with Gasteiger partial charge in [0.15, 0.2) is 6.04 Å². The van der Waals surface area contributed by atoms with E-state index in [1.165, 1.54) is 9.96 Å². The van der Waals surface area contributed by atoms with E-state index in [0.29, 0.717) is 12.1 Å². The minimum atomic E-state index is -2.14. The van der Waals surface area contributed by atoms with Gasteiger partial charge in [0, 0.05) is 0 Å². The highest BCUT2D eigenvalue weighted by molar-refractivity contribution is 6.74. The van der Waals surface area contributed by atoms with E-state index in [1.54, 1.807) is 6.92 Å². The molecule has 1 fully saturated rings. The number of carbonyl (C=O) groups excluding carboxylic acids is 1. The SMILES string of the molecule is CC1=C[C@@H]2CN(C(=O)N2O[Si](C)(C)C(C)(C)C)[C@@H]1C(=O)O. The molecule has 0 saturated carbocycles. The van der Waals surface area contributed by atoms with Crippen LogP contribution in [0.5, 0.6) is 0 Å². The largest absolute Gasteiger partial charge is 0.479 e. The Morgan fingerprint density at radius 2 is 2.00 bits per heavy atom. The molecule has 6 nitrogen and oxygen atoms in total. The molecule has 0 unspecified atom stereocenters. The van der Waals surface area contributed by atoms with E-state index in [-0.39, 0.29) is 17.1 Å². The number of hydroxylamine groups is 2. The summed E-state index contributed by atoms with van der Waals surface area (Å²) in [6, 6.07) is -1.41. The highest BCUT2D eigenvalue weighted by Gasteiger charge is 2.50. The first-order chi connectivity index (χ1) is 9.45. The number of fused-ring (bicyclic) bond motifs is 2. The van der Waals surface area contributed by atoms with Crippen LogP contribution in [0, 0.1) is 0 Å². The van der Waals surface area contributed by atoms with Crippen LogP contribution in [0.15, 0.2) is 11.6 Å². The number of carbonyl (C=O) groups is 2. The quantitative estimate of drug-likeness (QED) is 0.642. The van der Waals surface area contributed by atoms with Crippen molar-refractivity contribution >= 4 is 20.3 Å². The highest BCUT2D eigenvalue weighted by Crippen LogP contribution is 2.39. The average molecular weight is 312 g/mol. The van der Waals surface area contributed by atoms with Gasteiger partial charge in [0.05, 0.1) is 12.6 Å². The van der Waals surface area contributed by atoms with Gasteiger partial charge in [-0.25, -0.2) is 14.7 Å². The van der Waals surface area contributed by atoms with Crippen LogP contribution < -0.4 is 0 Å². The van der Waals surface area contributed by atoms with Gasteiger partial charge in [-0.2, -0.15) is 0 Å². The van der Waals surface area contributed by atoms with Crippen molar-refractivity contribution in [2.45, 2.75) is 57.9 Å². The van der Waals surface area contributed by atoms with Crippen LogP contribution in [-0.2, 0) is 9.32 Å². The topological polar surface area (TPSA) is 70.1 Å². The molecule has 0 aromatic carbocycles. The van der Waals surface area contributed by atoms with Crippen LogP contribution in [0.2, 0.25) is 18.1 Å². The third kappa shape index (κ3) is 2.60. The minimum Gasteiger partial charge on any atom is -0.479 e. The maximum atomic E-state index is 12.5.